The lowest BCUT2D eigenvalue weighted by Gasteiger charge is -2.02. The highest BCUT2D eigenvalue weighted by atomic mass is 35.5. The molecule has 8 heteroatoms. The molecule has 2 aliphatic rings. The Morgan fingerprint density at radius 2 is 2.11 bits per heavy atom. The molecule has 0 radical (unpaired) electrons. The van der Waals surface area contributed by atoms with Gasteiger partial charge < -0.3 is 9.47 Å². The number of halogens is 1. The van der Waals surface area contributed by atoms with E-state index in [2.05, 4.69) is 4.99 Å². The number of nitrogens with zero attached hydrogens (tertiary/aromatic N) is 2. The summed E-state index contributed by atoms with van der Waals surface area (Å²) >= 11 is 5.81. The molecule has 0 saturated heterocycles. The largest absolute Gasteiger partial charge is 0.490 e. The second-order valence-corrected chi connectivity index (χ2v) is 6.67. The molecular formula is C19H13ClN2O5. The van der Waals surface area contributed by atoms with Gasteiger partial charge in [0.2, 0.25) is 5.90 Å². The first-order chi connectivity index (χ1) is 12.9. The monoisotopic (exact) mass is 384 g/mol. The van der Waals surface area contributed by atoms with Crippen molar-refractivity contribution in [2.45, 2.75) is 19.4 Å². The zero-order chi connectivity index (χ0) is 19.1. The summed E-state index contributed by atoms with van der Waals surface area (Å²) in [6, 6.07) is 9.75. The third-order valence-electron chi connectivity index (χ3n) is 4.23. The number of hydrogen-bond acceptors (Lipinski definition) is 6. The predicted molar refractivity (Wildman–Crippen MR) is 98.9 cm³/mol. The highest BCUT2D eigenvalue weighted by molar-refractivity contribution is 6.32. The topological polar surface area (TPSA) is 91.0 Å². The van der Waals surface area contributed by atoms with Crippen molar-refractivity contribution in [1.29, 1.82) is 0 Å². The van der Waals surface area contributed by atoms with E-state index >= 15 is 0 Å². The smallest absolute Gasteiger partial charge is 0.363 e. The number of nitro groups is 1. The van der Waals surface area contributed by atoms with Crippen molar-refractivity contribution in [3.63, 3.8) is 0 Å². The van der Waals surface area contributed by atoms with Crippen LogP contribution in [0.15, 0.2) is 47.1 Å². The van der Waals surface area contributed by atoms with E-state index in [9.17, 15) is 14.9 Å². The Morgan fingerprint density at radius 1 is 1.30 bits per heavy atom. The van der Waals surface area contributed by atoms with Gasteiger partial charge >= 0.3 is 5.97 Å². The molecule has 1 atom stereocenters. The molecule has 2 heterocycles. The molecule has 2 aromatic carbocycles. The Hall–Kier alpha value is -3.19. The third-order valence-corrected chi connectivity index (χ3v) is 4.55. The van der Waals surface area contributed by atoms with Crippen molar-refractivity contribution in [2.24, 2.45) is 4.99 Å². The minimum Gasteiger partial charge on any atom is -0.490 e. The molecule has 0 bridgehead atoms. The van der Waals surface area contributed by atoms with E-state index in [1.165, 1.54) is 18.2 Å². The third kappa shape index (κ3) is 3.29. The standard InChI is InChI=1S/C19H13ClN2O5/c1-10-6-13-7-11(2-5-17(13)26-10)8-15-19(23)27-18(21-15)12-3-4-14(20)16(9-12)22(24)25/h2-5,7-10H,6H2,1H3. The Balaban J connectivity index is 1.66. The van der Waals surface area contributed by atoms with E-state index in [1.54, 1.807) is 6.08 Å². The first-order valence-corrected chi connectivity index (χ1v) is 8.55. The highest BCUT2D eigenvalue weighted by Gasteiger charge is 2.26. The quantitative estimate of drug-likeness (QED) is 0.346. The van der Waals surface area contributed by atoms with E-state index in [0.29, 0.717) is 5.56 Å². The van der Waals surface area contributed by atoms with Gasteiger partial charge in [-0.15, -0.1) is 0 Å². The summed E-state index contributed by atoms with van der Waals surface area (Å²) < 4.78 is 10.8. The number of hydrogen-bond donors (Lipinski definition) is 0. The van der Waals surface area contributed by atoms with Crippen molar-refractivity contribution >= 4 is 35.2 Å². The number of rotatable bonds is 3. The van der Waals surface area contributed by atoms with Gasteiger partial charge in [-0.2, -0.15) is 0 Å². The van der Waals surface area contributed by atoms with Gasteiger partial charge in [0.25, 0.3) is 5.69 Å². The second-order valence-electron chi connectivity index (χ2n) is 6.26. The van der Waals surface area contributed by atoms with Crippen molar-refractivity contribution in [3.05, 3.63) is 73.9 Å². The summed E-state index contributed by atoms with van der Waals surface area (Å²) in [5.74, 6) is 0.230. The van der Waals surface area contributed by atoms with E-state index in [1.807, 2.05) is 25.1 Å². The first-order valence-electron chi connectivity index (χ1n) is 8.17. The van der Waals surface area contributed by atoms with Crippen molar-refractivity contribution < 1.29 is 19.2 Å². The molecule has 0 N–H and O–H groups in total. The van der Waals surface area contributed by atoms with Gasteiger partial charge in [-0.3, -0.25) is 10.1 Å². The summed E-state index contributed by atoms with van der Waals surface area (Å²) in [5, 5.41) is 11.0. The maximum atomic E-state index is 12.1. The maximum Gasteiger partial charge on any atom is 0.363 e. The fourth-order valence-corrected chi connectivity index (χ4v) is 3.19. The number of esters is 1. The van der Waals surface area contributed by atoms with Gasteiger partial charge in [-0.05, 0) is 48.4 Å². The lowest BCUT2D eigenvalue weighted by Crippen LogP contribution is -2.06. The van der Waals surface area contributed by atoms with E-state index in [-0.39, 0.29) is 28.4 Å². The number of nitro benzene ring substituents is 1. The van der Waals surface area contributed by atoms with Crippen LogP contribution < -0.4 is 4.74 Å². The van der Waals surface area contributed by atoms with Crippen LogP contribution >= 0.6 is 11.6 Å². The molecule has 0 fully saturated rings. The normalized spacial score (nSPS) is 19.5. The van der Waals surface area contributed by atoms with Crippen LogP contribution in [-0.4, -0.2) is 22.9 Å². The van der Waals surface area contributed by atoms with Crippen LogP contribution in [0.5, 0.6) is 5.75 Å². The van der Waals surface area contributed by atoms with Crippen molar-refractivity contribution in [3.8, 4) is 5.75 Å². The van der Waals surface area contributed by atoms with Gasteiger partial charge in [0, 0.05) is 18.1 Å². The average Bonchev–Trinajstić information content (AvgIpc) is 3.16. The van der Waals surface area contributed by atoms with Gasteiger partial charge in [0.1, 0.15) is 16.9 Å². The van der Waals surface area contributed by atoms with Gasteiger partial charge in [-0.25, -0.2) is 9.79 Å². The molecule has 27 heavy (non-hydrogen) atoms. The SMILES string of the molecule is CC1Cc2cc(C=C3N=C(c4ccc(Cl)c([N+](=O)[O-])c4)OC3=O)ccc2O1. The van der Waals surface area contributed by atoms with E-state index in [4.69, 9.17) is 21.1 Å². The Bertz CT molecular complexity index is 1040. The minimum absolute atomic E-state index is 0.000901. The fourth-order valence-electron chi connectivity index (χ4n) is 3.01. The molecule has 0 saturated carbocycles. The molecule has 0 spiro atoms. The summed E-state index contributed by atoms with van der Waals surface area (Å²) in [5.41, 5.74) is 2.01. The number of aliphatic imine (C=N–C) groups is 1. The van der Waals surface area contributed by atoms with E-state index < -0.39 is 10.9 Å². The molecule has 0 aromatic heterocycles. The summed E-state index contributed by atoms with van der Waals surface area (Å²) in [4.78, 5) is 26.7. The Morgan fingerprint density at radius 3 is 2.89 bits per heavy atom. The molecule has 1 unspecified atom stereocenters. The number of carbonyl (C=O) groups excluding carboxylic acids is 1. The van der Waals surface area contributed by atoms with Gasteiger partial charge in [-0.1, -0.05) is 17.7 Å². The first kappa shape index (κ1) is 17.2. The molecular weight excluding hydrogens is 372 g/mol. The summed E-state index contributed by atoms with van der Waals surface area (Å²) in [6.45, 7) is 1.99. The van der Waals surface area contributed by atoms with Crippen molar-refractivity contribution in [1.82, 2.24) is 0 Å². The lowest BCUT2D eigenvalue weighted by atomic mass is 10.1. The molecule has 7 nitrogen and oxygen atoms in total. The van der Waals surface area contributed by atoms with Crippen molar-refractivity contribution in [2.75, 3.05) is 0 Å². The van der Waals surface area contributed by atoms with Crippen LogP contribution in [-0.2, 0) is 16.0 Å². The van der Waals surface area contributed by atoms with E-state index in [0.717, 1.165) is 23.3 Å². The Labute approximate surface area is 159 Å². The zero-order valence-electron chi connectivity index (χ0n) is 14.1. The van der Waals surface area contributed by atoms with Crippen LogP contribution in [0.25, 0.3) is 6.08 Å². The molecule has 136 valence electrons. The molecule has 2 aromatic rings. The summed E-state index contributed by atoms with van der Waals surface area (Å²) in [7, 11) is 0. The number of fused-ring (bicyclic) bond motifs is 1. The molecule has 2 aliphatic heterocycles. The second kappa shape index (κ2) is 6.51. The van der Waals surface area contributed by atoms with Crippen LogP contribution in [0, 0.1) is 10.1 Å². The summed E-state index contributed by atoms with van der Waals surface area (Å²) in [6.07, 6.45) is 2.55. The van der Waals surface area contributed by atoms with Gasteiger partial charge in [0.05, 0.1) is 4.92 Å². The number of benzene rings is 2. The zero-order valence-corrected chi connectivity index (χ0v) is 14.9. The van der Waals surface area contributed by atoms with Crippen LogP contribution in [0.1, 0.15) is 23.6 Å². The average molecular weight is 385 g/mol. The predicted octanol–water partition coefficient (Wildman–Crippen LogP) is 3.92. The van der Waals surface area contributed by atoms with Crippen LogP contribution in [0.3, 0.4) is 0 Å². The highest BCUT2D eigenvalue weighted by Crippen LogP contribution is 2.31. The number of ether oxygens (including phenoxy) is 2. The van der Waals surface area contributed by atoms with Crippen LogP contribution in [0.4, 0.5) is 5.69 Å². The van der Waals surface area contributed by atoms with Crippen LogP contribution in [0.2, 0.25) is 5.02 Å². The molecule has 0 amide bonds. The Kier molecular flexibility index (Phi) is 4.16. The molecule has 4 rings (SSSR count). The maximum absolute atomic E-state index is 12.1. The number of cyclic esters (lactones) is 1. The lowest BCUT2D eigenvalue weighted by molar-refractivity contribution is -0.384. The minimum atomic E-state index is -0.618. The molecule has 0 aliphatic carbocycles. The fraction of sp³-hybridized carbons (Fsp3) is 0.158. The number of carbonyl (C=O) groups is 1. The van der Waals surface area contributed by atoms with Gasteiger partial charge in [0.15, 0.2) is 5.70 Å².